The molecular weight excluding hydrogens is 297 g/mol. The van der Waals surface area contributed by atoms with E-state index in [9.17, 15) is 4.39 Å². The molecule has 1 aromatic rings. The van der Waals surface area contributed by atoms with Gasteiger partial charge in [0.1, 0.15) is 17.7 Å². The fourth-order valence-electron chi connectivity index (χ4n) is 3.38. The van der Waals surface area contributed by atoms with Crippen LogP contribution in [0.25, 0.3) is 0 Å². The van der Waals surface area contributed by atoms with Gasteiger partial charge < -0.3 is 10.5 Å². The number of benzene rings is 1. The van der Waals surface area contributed by atoms with Crippen molar-refractivity contribution in [2.24, 2.45) is 11.1 Å². The van der Waals surface area contributed by atoms with Crippen LogP contribution in [0.1, 0.15) is 32.1 Å². The molecule has 0 radical (unpaired) electrons. The molecule has 0 aromatic heterocycles. The first kappa shape index (κ1) is 12.4. The average molecular weight is 314 g/mol. The van der Waals surface area contributed by atoms with E-state index < -0.39 is 0 Å². The molecule has 0 heterocycles. The van der Waals surface area contributed by atoms with Gasteiger partial charge in [-0.05, 0) is 47.0 Å². The first-order valence-electron chi connectivity index (χ1n) is 6.49. The van der Waals surface area contributed by atoms with Gasteiger partial charge in [-0.15, -0.1) is 0 Å². The molecule has 2 aliphatic rings. The Hall–Kier alpha value is -0.610. The highest BCUT2D eigenvalue weighted by atomic mass is 79.9. The van der Waals surface area contributed by atoms with E-state index in [0.717, 1.165) is 12.2 Å². The average Bonchev–Trinajstić information content (AvgIpc) is 2.85. The molecule has 0 amide bonds. The summed E-state index contributed by atoms with van der Waals surface area (Å²) < 4.78 is 19.6. The van der Waals surface area contributed by atoms with Crippen LogP contribution in [0.4, 0.5) is 4.39 Å². The van der Waals surface area contributed by atoms with Crippen molar-refractivity contribution < 1.29 is 9.13 Å². The Balaban J connectivity index is 1.75. The van der Waals surface area contributed by atoms with Crippen LogP contribution in [-0.2, 0) is 0 Å². The Morgan fingerprint density at radius 2 is 2.06 bits per heavy atom. The molecule has 0 aliphatic heterocycles. The molecule has 18 heavy (non-hydrogen) atoms. The Kier molecular flexibility index (Phi) is 3.10. The Morgan fingerprint density at radius 1 is 1.33 bits per heavy atom. The van der Waals surface area contributed by atoms with Crippen molar-refractivity contribution in [3.8, 4) is 5.75 Å². The topological polar surface area (TPSA) is 35.2 Å². The minimum atomic E-state index is -0.261. The largest absolute Gasteiger partial charge is 0.490 e. The minimum absolute atomic E-state index is 0.181. The van der Waals surface area contributed by atoms with Crippen molar-refractivity contribution in [2.75, 3.05) is 0 Å². The van der Waals surface area contributed by atoms with E-state index in [4.69, 9.17) is 10.5 Å². The van der Waals surface area contributed by atoms with Crippen LogP contribution in [0, 0.1) is 11.2 Å². The zero-order chi connectivity index (χ0) is 12.8. The molecule has 4 heteroatoms. The van der Waals surface area contributed by atoms with Gasteiger partial charge >= 0.3 is 0 Å². The highest BCUT2D eigenvalue weighted by Gasteiger charge is 2.56. The monoisotopic (exact) mass is 313 g/mol. The summed E-state index contributed by atoms with van der Waals surface area (Å²) in [4.78, 5) is 0. The van der Waals surface area contributed by atoms with E-state index >= 15 is 0 Å². The maximum atomic E-state index is 13.2. The molecule has 2 aliphatic carbocycles. The van der Waals surface area contributed by atoms with Gasteiger partial charge in [0.05, 0.1) is 4.47 Å². The second kappa shape index (κ2) is 4.49. The summed E-state index contributed by atoms with van der Waals surface area (Å²) in [6.07, 6.45) is 5.95. The molecular formula is C14H17BrFNO. The summed E-state index contributed by atoms with van der Waals surface area (Å²) in [6.45, 7) is 0. The predicted molar refractivity (Wildman–Crippen MR) is 72.0 cm³/mol. The zero-order valence-electron chi connectivity index (χ0n) is 10.2. The number of rotatable bonds is 2. The third-order valence-corrected chi connectivity index (χ3v) is 5.16. The van der Waals surface area contributed by atoms with Crippen LogP contribution in [0.15, 0.2) is 22.7 Å². The summed E-state index contributed by atoms with van der Waals surface area (Å²) in [5, 5.41) is 0. The smallest absolute Gasteiger partial charge is 0.137 e. The summed E-state index contributed by atoms with van der Waals surface area (Å²) in [7, 11) is 0. The number of ether oxygens (including phenoxy) is 1. The van der Waals surface area contributed by atoms with Crippen molar-refractivity contribution in [3.05, 3.63) is 28.5 Å². The van der Waals surface area contributed by atoms with Crippen LogP contribution >= 0.6 is 15.9 Å². The third-order valence-electron chi connectivity index (χ3n) is 4.55. The molecule has 1 spiro atoms. The molecule has 2 saturated carbocycles. The minimum Gasteiger partial charge on any atom is -0.490 e. The van der Waals surface area contributed by atoms with Crippen molar-refractivity contribution in [1.82, 2.24) is 0 Å². The molecule has 98 valence electrons. The molecule has 0 bridgehead atoms. The molecule has 2 atom stereocenters. The Labute approximate surface area is 115 Å². The summed E-state index contributed by atoms with van der Waals surface area (Å²) in [5.74, 6) is 0.467. The highest BCUT2D eigenvalue weighted by Crippen LogP contribution is 2.53. The number of nitrogens with two attached hydrogens (primary N) is 1. The summed E-state index contributed by atoms with van der Waals surface area (Å²) in [6, 6.07) is 5.09. The summed E-state index contributed by atoms with van der Waals surface area (Å²) in [5.41, 5.74) is 6.35. The molecule has 3 rings (SSSR count). The SMILES string of the molecule is NC1CC(Oc2ccc(F)c(Br)c2)C12CCCC2. The van der Waals surface area contributed by atoms with E-state index in [0.29, 0.717) is 4.47 Å². The quantitative estimate of drug-likeness (QED) is 0.905. The van der Waals surface area contributed by atoms with Crippen LogP contribution in [0.3, 0.4) is 0 Å². The first-order chi connectivity index (χ1) is 8.62. The highest BCUT2D eigenvalue weighted by molar-refractivity contribution is 9.10. The second-order valence-electron chi connectivity index (χ2n) is 5.46. The maximum absolute atomic E-state index is 13.2. The van der Waals surface area contributed by atoms with Crippen molar-refractivity contribution in [3.63, 3.8) is 0 Å². The van der Waals surface area contributed by atoms with Crippen LogP contribution in [0.5, 0.6) is 5.75 Å². The van der Waals surface area contributed by atoms with Crippen molar-refractivity contribution in [1.29, 1.82) is 0 Å². The lowest BCUT2D eigenvalue weighted by Gasteiger charge is -2.52. The molecule has 2 unspecified atom stereocenters. The number of hydrogen-bond acceptors (Lipinski definition) is 2. The number of halogens is 2. The van der Waals surface area contributed by atoms with Gasteiger partial charge in [0.2, 0.25) is 0 Å². The van der Waals surface area contributed by atoms with Crippen LogP contribution in [0.2, 0.25) is 0 Å². The standard InChI is InChI=1S/C14H17BrFNO/c15-10-7-9(3-4-11(10)16)18-13-8-12(17)14(13)5-1-2-6-14/h3-4,7,12-13H,1-2,5-6,8,17H2. The van der Waals surface area contributed by atoms with E-state index in [2.05, 4.69) is 15.9 Å². The molecule has 2 nitrogen and oxygen atoms in total. The Morgan fingerprint density at radius 3 is 2.67 bits per heavy atom. The molecule has 1 aromatic carbocycles. The Bertz CT molecular complexity index is 459. The normalized spacial score (nSPS) is 29.3. The van der Waals surface area contributed by atoms with Crippen LogP contribution < -0.4 is 10.5 Å². The lowest BCUT2D eigenvalue weighted by molar-refractivity contribution is -0.0620. The first-order valence-corrected chi connectivity index (χ1v) is 7.28. The lowest BCUT2D eigenvalue weighted by Crippen LogP contribution is -2.62. The second-order valence-corrected chi connectivity index (χ2v) is 6.32. The van der Waals surface area contributed by atoms with Crippen molar-refractivity contribution >= 4 is 15.9 Å². The van der Waals surface area contributed by atoms with Gasteiger partial charge in [-0.1, -0.05) is 12.8 Å². The maximum Gasteiger partial charge on any atom is 0.137 e. The van der Waals surface area contributed by atoms with Gasteiger partial charge in [-0.2, -0.15) is 0 Å². The fourth-order valence-corrected chi connectivity index (χ4v) is 3.74. The van der Waals surface area contributed by atoms with Gasteiger partial charge in [0.15, 0.2) is 0 Å². The third kappa shape index (κ3) is 1.86. The van der Waals surface area contributed by atoms with E-state index in [1.165, 1.54) is 31.7 Å². The van der Waals surface area contributed by atoms with E-state index in [1.54, 1.807) is 12.1 Å². The summed E-state index contributed by atoms with van der Waals surface area (Å²) >= 11 is 3.18. The zero-order valence-corrected chi connectivity index (χ0v) is 11.7. The predicted octanol–water partition coefficient (Wildman–Crippen LogP) is 3.63. The molecule has 2 N–H and O–H groups in total. The van der Waals surface area contributed by atoms with Gasteiger partial charge in [0.25, 0.3) is 0 Å². The van der Waals surface area contributed by atoms with E-state index in [1.807, 2.05) is 0 Å². The lowest BCUT2D eigenvalue weighted by atomic mass is 9.61. The fraction of sp³-hybridized carbons (Fsp3) is 0.571. The van der Waals surface area contributed by atoms with Gasteiger partial charge in [-0.25, -0.2) is 4.39 Å². The van der Waals surface area contributed by atoms with E-state index in [-0.39, 0.29) is 23.4 Å². The van der Waals surface area contributed by atoms with Gasteiger partial charge in [0, 0.05) is 17.9 Å². The molecule has 2 fully saturated rings. The number of hydrogen-bond donors (Lipinski definition) is 1. The molecule has 0 saturated heterocycles. The van der Waals surface area contributed by atoms with Crippen molar-refractivity contribution in [2.45, 2.75) is 44.2 Å². The van der Waals surface area contributed by atoms with Crippen LogP contribution in [-0.4, -0.2) is 12.1 Å². The van der Waals surface area contributed by atoms with Gasteiger partial charge in [-0.3, -0.25) is 0 Å².